The number of nitrogens with one attached hydrogen (secondary N) is 1. The Morgan fingerprint density at radius 2 is 1.79 bits per heavy atom. The molecular formula is C17H23ClFN3O2. The molecule has 0 aliphatic carbocycles. The Morgan fingerprint density at radius 3 is 2.33 bits per heavy atom. The third-order valence-corrected chi connectivity index (χ3v) is 4.86. The maximum absolute atomic E-state index is 13.2. The van der Waals surface area contributed by atoms with E-state index in [1.807, 2.05) is 11.8 Å². The van der Waals surface area contributed by atoms with Gasteiger partial charge in [-0.3, -0.25) is 9.59 Å². The van der Waals surface area contributed by atoms with Crippen LogP contribution in [0, 0.1) is 17.7 Å². The zero-order valence-corrected chi connectivity index (χ0v) is 14.5. The van der Waals surface area contributed by atoms with E-state index in [1.165, 1.54) is 18.2 Å². The van der Waals surface area contributed by atoms with E-state index in [0.29, 0.717) is 37.7 Å². The highest BCUT2D eigenvalue weighted by molar-refractivity contribution is 5.94. The lowest BCUT2D eigenvalue weighted by Crippen LogP contribution is -2.55. The molecule has 1 aromatic carbocycles. The Hall–Kier alpha value is -1.66. The smallest absolute Gasteiger partial charge is 0.254 e. The van der Waals surface area contributed by atoms with Gasteiger partial charge in [-0.1, -0.05) is 13.0 Å². The molecule has 1 N–H and O–H groups in total. The summed E-state index contributed by atoms with van der Waals surface area (Å²) in [5.74, 6) is 0.0472. The molecule has 0 saturated carbocycles. The van der Waals surface area contributed by atoms with Crippen LogP contribution in [-0.4, -0.2) is 60.9 Å². The monoisotopic (exact) mass is 355 g/mol. The molecule has 2 saturated heterocycles. The molecule has 5 nitrogen and oxygen atoms in total. The van der Waals surface area contributed by atoms with Gasteiger partial charge in [-0.05, 0) is 37.2 Å². The fraction of sp³-hybridized carbons (Fsp3) is 0.529. The highest BCUT2D eigenvalue weighted by Crippen LogP contribution is 2.19. The summed E-state index contributed by atoms with van der Waals surface area (Å²) in [6.45, 7) is 5.89. The van der Waals surface area contributed by atoms with Gasteiger partial charge in [0.1, 0.15) is 5.82 Å². The van der Waals surface area contributed by atoms with Crippen molar-refractivity contribution in [1.29, 1.82) is 0 Å². The van der Waals surface area contributed by atoms with Crippen molar-refractivity contribution in [3.63, 3.8) is 0 Å². The Labute approximate surface area is 147 Å². The zero-order chi connectivity index (χ0) is 16.4. The first-order chi connectivity index (χ1) is 11.1. The summed E-state index contributed by atoms with van der Waals surface area (Å²) in [6, 6.07) is 5.74. The Bertz CT molecular complexity index is 601. The number of carbonyl (C=O) groups is 2. The van der Waals surface area contributed by atoms with Crippen LogP contribution in [0.4, 0.5) is 4.39 Å². The number of halogens is 2. The number of benzene rings is 1. The summed E-state index contributed by atoms with van der Waals surface area (Å²) < 4.78 is 13.2. The topological polar surface area (TPSA) is 52.7 Å². The van der Waals surface area contributed by atoms with Gasteiger partial charge in [-0.15, -0.1) is 12.4 Å². The molecule has 0 bridgehead atoms. The number of piperazine rings is 1. The van der Waals surface area contributed by atoms with Crippen molar-refractivity contribution >= 4 is 24.2 Å². The molecule has 2 aliphatic heterocycles. The minimum atomic E-state index is -0.410. The number of hydrogen-bond acceptors (Lipinski definition) is 3. The lowest BCUT2D eigenvalue weighted by Gasteiger charge is -2.39. The van der Waals surface area contributed by atoms with Gasteiger partial charge in [0.25, 0.3) is 5.91 Å². The lowest BCUT2D eigenvalue weighted by atomic mass is 9.88. The number of carbonyl (C=O) groups excluding carboxylic acids is 2. The molecule has 2 aliphatic rings. The van der Waals surface area contributed by atoms with Crippen LogP contribution in [-0.2, 0) is 4.79 Å². The summed E-state index contributed by atoms with van der Waals surface area (Å²) in [4.78, 5) is 28.4. The number of hydrogen-bond donors (Lipinski definition) is 1. The summed E-state index contributed by atoms with van der Waals surface area (Å²) in [5, 5.41) is 3.19. The standard InChI is InChI=1S/C17H22FN3O2.ClH/c1-12(14-10-19-11-14)16(22)20-5-7-21(8-6-20)17(23)13-3-2-4-15(18)9-13;/h2-4,9,12,14,19H,5-8,10-11H2,1H3;1H. The molecule has 2 fully saturated rings. The van der Waals surface area contributed by atoms with Crippen molar-refractivity contribution in [3.8, 4) is 0 Å². The fourth-order valence-corrected chi connectivity index (χ4v) is 3.09. The first-order valence-electron chi connectivity index (χ1n) is 8.10. The molecule has 24 heavy (non-hydrogen) atoms. The van der Waals surface area contributed by atoms with Crippen LogP contribution in [0.1, 0.15) is 17.3 Å². The predicted molar refractivity (Wildman–Crippen MR) is 91.7 cm³/mol. The van der Waals surface area contributed by atoms with Crippen LogP contribution >= 0.6 is 12.4 Å². The van der Waals surface area contributed by atoms with Crippen LogP contribution < -0.4 is 5.32 Å². The summed E-state index contributed by atoms with van der Waals surface area (Å²) in [6.07, 6.45) is 0. The largest absolute Gasteiger partial charge is 0.339 e. The molecular weight excluding hydrogens is 333 g/mol. The van der Waals surface area contributed by atoms with Crippen LogP contribution in [0.3, 0.4) is 0 Å². The summed E-state index contributed by atoms with van der Waals surface area (Å²) in [7, 11) is 0. The van der Waals surface area contributed by atoms with Crippen LogP contribution in [0.5, 0.6) is 0 Å². The minimum Gasteiger partial charge on any atom is -0.339 e. The van der Waals surface area contributed by atoms with Crippen LogP contribution in [0.15, 0.2) is 24.3 Å². The van der Waals surface area contributed by atoms with Gasteiger partial charge in [0, 0.05) is 37.7 Å². The molecule has 0 spiro atoms. The third-order valence-electron chi connectivity index (χ3n) is 4.86. The second-order valence-corrected chi connectivity index (χ2v) is 6.33. The van der Waals surface area contributed by atoms with Crippen molar-refractivity contribution in [1.82, 2.24) is 15.1 Å². The number of rotatable bonds is 3. The fourth-order valence-electron chi connectivity index (χ4n) is 3.09. The van der Waals surface area contributed by atoms with Crippen molar-refractivity contribution in [2.24, 2.45) is 11.8 Å². The maximum Gasteiger partial charge on any atom is 0.254 e. The van der Waals surface area contributed by atoms with Gasteiger partial charge < -0.3 is 15.1 Å². The van der Waals surface area contributed by atoms with Gasteiger partial charge in [0.15, 0.2) is 0 Å². The maximum atomic E-state index is 13.2. The van der Waals surface area contributed by atoms with Crippen molar-refractivity contribution in [3.05, 3.63) is 35.6 Å². The van der Waals surface area contributed by atoms with Crippen LogP contribution in [0.2, 0.25) is 0 Å². The highest BCUT2D eigenvalue weighted by atomic mass is 35.5. The zero-order valence-electron chi connectivity index (χ0n) is 13.7. The summed E-state index contributed by atoms with van der Waals surface area (Å²) in [5.41, 5.74) is 0.360. The minimum absolute atomic E-state index is 0. The average Bonchev–Trinajstić information content (AvgIpc) is 2.52. The van der Waals surface area contributed by atoms with Crippen molar-refractivity contribution in [2.75, 3.05) is 39.3 Å². The van der Waals surface area contributed by atoms with Gasteiger partial charge >= 0.3 is 0 Å². The molecule has 0 radical (unpaired) electrons. The third kappa shape index (κ3) is 3.87. The first kappa shape index (κ1) is 18.7. The lowest BCUT2D eigenvalue weighted by molar-refractivity contribution is -0.138. The van der Waals surface area contributed by atoms with Gasteiger partial charge in [0.05, 0.1) is 0 Å². The van der Waals surface area contributed by atoms with Crippen molar-refractivity contribution < 1.29 is 14.0 Å². The molecule has 1 atom stereocenters. The molecule has 0 aromatic heterocycles. The Kier molecular flexibility index (Phi) is 6.18. The van der Waals surface area contributed by atoms with E-state index in [-0.39, 0.29) is 30.1 Å². The molecule has 132 valence electrons. The van der Waals surface area contributed by atoms with E-state index in [4.69, 9.17) is 0 Å². The molecule has 2 amide bonds. The number of nitrogens with zero attached hydrogens (tertiary/aromatic N) is 2. The first-order valence-corrected chi connectivity index (χ1v) is 8.10. The van der Waals surface area contributed by atoms with E-state index in [0.717, 1.165) is 13.1 Å². The Balaban J connectivity index is 0.00000208. The molecule has 1 aromatic rings. The van der Waals surface area contributed by atoms with E-state index in [2.05, 4.69) is 5.32 Å². The van der Waals surface area contributed by atoms with E-state index in [1.54, 1.807) is 11.0 Å². The quantitative estimate of drug-likeness (QED) is 0.891. The average molecular weight is 356 g/mol. The predicted octanol–water partition coefficient (Wildman–Crippen LogP) is 1.39. The number of amides is 2. The molecule has 1 unspecified atom stereocenters. The van der Waals surface area contributed by atoms with Gasteiger partial charge in [-0.25, -0.2) is 4.39 Å². The summed E-state index contributed by atoms with van der Waals surface area (Å²) >= 11 is 0. The second kappa shape index (κ2) is 7.94. The Morgan fingerprint density at radius 1 is 1.17 bits per heavy atom. The van der Waals surface area contributed by atoms with E-state index >= 15 is 0 Å². The molecule has 2 heterocycles. The highest BCUT2D eigenvalue weighted by Gasteiger charge is 2.33. The van der Waals surface area contributed by atoms with Crippen LogP contribution in [0.25, 0.3) is 0 Å². The SMILES string of the molecule is CC(C(=O)N1CCN(C(=O)c2cccc(F)c2)CC1)C1CNC1.Cl. The molecule has 7 heteroatoms. The van der Waals surface area contributed by atoms with Gasteiger partial charge in [0.2, 0.25) is 5.91 Å². The molecule has 3 rings (SSSR count). The van der Waals surface area contributed by atoms with Gasteiger partial charge in [-0.2, -0.15) is 0 Å². The van der Waals surface area contributed by atoms with Crippen molar-refractivity contribution in [2.45, 2.75) is 6.92 Å². The van der Waals surface area contributed by atoms with E-state index < -0.39 is 5.82 Å². The second-order valence-electron chi connectivity index (χ2n) is 6.33. The normalized spacial score (nSPS) is 19.2. The van der Waals surface area contributed by atoms with E-state index in [9.17, 15) is 14.0 Å².